The highest BCUT2D eigenvalue weighted by atomic mass is 16.5. The van der Waals surface area contributed by atoms with E-state index in [-0.39, 0.29) is 0 Å². The van der Waals surface area contributed by atoms with Crippen molar-refractivity contribution in [1.82, 2.24) is 0 Å². The number of hydrogen-bond donors (Lipinski definition) is 2. The van der Waals surface area contributed by atoms with E-state index in [0.717, 1.165) is 22.6 Å². The first-order chi connectivity index (χ1) is 8.70. The number of benzene rings is 2. The molecule has 3 nitrogen and oxygen atoms in total. The molecule has 18 heavy (non-hydrogen) atoms. The van der Waals surface area contributed by atoms with E-state index < -0.39 is 0 Å². The van der Waals surface area contributed by atoms with E-state index in [1.165, 1.54) is 0 Å². The van der Waals surface area contributed by atoms with Crippen molar-refractivity contribution in [2.45, 2.75) is 13.5 Å². The third kappa shape index (κ3) is 2.74. The summed E-state index contributed by atoms with van der Waals surface area (Å²) in [6, 6.07) is 13.3. The molecule has 2 N–H and O–H groups in total. The van der Waals surface area contributed by atoms with Crippen molar-refractivity contribution in [3.63, 3.8) is 0 Å². The summed E-state index contributed by atoms with van der Waals surface area (Å²) in [5.74, 6) is 1.10. The zero-order valence-corrected chi connectivity index (χ0v) is 10.6. The molecular weight excluding hydrogens is 226 g/mol. The predicted molar refractivity (Wildman–Crippen MR) is 73.2 cm³/mol. The number of anilines is 1. The van der Waals surface area contributed by atoms with E-state index in [4.69, 9.17) is 4.74 Å². The van der Waals surface area contributed by atoms with Crippen molar-refractivity contribution in [3.05, 3.63) is 53.6 Å². The number of ether oxygens (including phenoxy) is 1. The van der Waals surface area contributed by atoms with Crippen molar-refractivity contribution < 1.29 is 9.84 Å². The van der Waals surface area contributed by atoms with Gasteiger partial charge in [0.1, 0.15) is 11.5 Å². The van der Waals surface area contributed by atoms with Crippen LogP contribution in [0.3, 0.4) is 0 Å². The van der Waals surface area contributed by atoms with Gasteiger partial charge in [0, 0.05) is 12.1 Å². The number of nitrogens with one attached hydrogen (secondary N) is 1. The molecule has 0 unspecified atom stereocenters. The van der Waals surface area contributed by atoms with Crippen LogP contribution in [0.1, 0.15) is 11.1 Å². The molecule has 0 atom stereocenters. The molecule has 0 aliphatic heterocycles. The molecular formula is C15H17NO2. The molecule has 0 heterocycles. The topological polar surface area (TPSA) is 41.5 Å². The lowest BCUT2D eigenvalue weighted by molar-refractivity contribution is 0.416. The standard InChI is InChI=1S/C15H17NO2/c1-11-7-8-14(17)12(9-11)10-16-13-5-3-4-6-15(13)18-2/h3-9,16-17H,10H2,1-2H3. The zero-order chi connectivity index (χ0) is 13.0. The van der Waals surface area contributed by atoms with E-state index >= 15 is 0 Å². The molecule has 3 heteroatoms. The van der Waals surface area contributed by atoms with Gasteiger partial charge < -0.3 is 15.2 Å². The second-order valence-electron chi connectivity index (χ2n) is 4.19. The maximum absolute atomic E-state index is 9.77. The van der Waals surface area contributed by atoms with Gasteiger partial charge in [0.2, 0.25) is 0 Å². The van der Waals surface area contributed by atoms with Crippen LogP contribution in [-0.4, -0.2) is 12.2 Å². The monoisotopic (exact) mass is 243 g/mol. The summed E-state index contributed by atoms with van der Waals surface area (Å²) in [6.45, 7) is 2.57. The summed E-state index contributed by atoms with van der Waals surface area (Å²) >= 11 is 0. The third-order valence-electron chi connectivity index (χ3n) is 2.81. The molecule has 0 saturated heterocycles. The third-order valence-corrected chi connectivity index (χ3v) is 2.81. The van der Waals surface area contributed by atoms with Crippen LogP contribution in [0.5, 0.6) is 11.5 Å². The molecule has 0 amide bonds. The maximum Gasteiger partial charge on any atom is 0.141 e. The Morgan fingerprint density at radius 2 is 1.94 bits per heavy atom. The summed E-state index contributed by atoms with van der Waals surface area (Å²) in [7, 11) is 1.64. The van der Waals surface area contributed by atoms with Gasteiger partial charge in [-0.25, -0.2) is 0 Å². The number of aryl methyl sites for hydroxylation is 1. The normalized spacial score (nSPS) is 10.1. The van der Waals surface area contributed by atoms with E-state index in [9.17, 15) is 5.11 Å². The van der Waals surface area contributed by atoms with Crippen molar-refractivity contribution in [2.75, 3.05) is 12.4 Å². The molecule has 0 radical (unpaired) electrons. The van der Waals surface area contributed by atoms with Gasteiger partial charge in [0.05, 0.1) is 12.8 Å². The zero-order valence-electron chi connectivity index (χ0n) is 10.6. The molecule has 94 valence electrons. The molecule has 0 fully saturated rings. The number of phenols is 1. The lowest BCUT2D eigenvalue weighted by Gasteiger charge is -2.12. The Morgan fingerprint density at radius 1 is 1.17 bits per heavy atom. The van der Waals surface area contributed by atoms with Gasteiger partial charge in [-0.05, 0) is 25.1 Å². The first kappa shape index (κ1) is 12.3. The van der Waals surface area contributed by atoms with Crippen LogP contribution in [0.25, 0.3) is 0 Å². The molecule has 2 aromatic carbocycles. The van der Waals surface area contributed by atoms with Crippen LogP contribution in [0.2, 0.25) is 0 Å². The number of para-hydroxylation sites is 2. The number of phenolic OH excluding ortho intramolecular Hbond substituents is 1. The van der Waals surface area contributed by atoms with Gasteiger partial charge in [-0.15, -0.1) is 0 Å². The van der Waals surface area contributed by atoms with E-state index in [1.807, 2.05) is 43.3 Å². The quantitative estimate of drug-likeness (QED) is 0.865. The first-order valence-corrected chi connectivity index (χ1v) is 5.86. The van der Waals surface area contributed by atoms with Crippen molar-refractivity contribution in [2.24, 2.45) is 0 Å². The van der Waals surface area contributed by atoms with E-state index in [1.54, 1.807) is 13.2 Å². The minimum Gasteiger partial charge on any atom is -0.508 e. The second-order valence-corrected chi connectivity index (χ2v) is 4.19. The number of rotatable bonds is 4. The molecule has 2 rings (SSSR count). The summed E-state index contributed by atoms with van der Waals surface area (Å²) < 4.78 is 5.26. The molecule has 0 spiro atoms. The van der Waals surface area contributed by atoms with Crippen molar-refractivity contribution >= 4 is 5.69 Å². The Kier molecular flexibility index (Phi) is 3.72. The van der Waals surface area contributed by atoms with Crippen molar-refractivity contribution in [3.8, 4) is 11.5 Å². The van der Waals surface area contributed by atoms with Gasteiger partial charge in [-0.2, -0.15) is 0 Å². The summed E-state index contributed by atoms with van der Waals surface area (Å²) in [5.41, 5.74) is 2.92. The maximum atomic E-state index is 9.77. The fraction of sp³-hybridized carbons (Fsp3) is 0.200. The van der Waals surface area contributed by atoms with Crippen LogP contribution in [0, 0.1) is 6.92 Å². The summed E-state index contributed by atoms with van der Waals surface area (Å²) in [4.78, 5) is 0. The summed E-state index contributed by atoms with van der Waals surface area (Å²) in [5, 5.41) is 13.0. The Hall–Kier alpha value is -2.16. The van der Waals surface area contributed by atoms with Gasteiger partial charge in [0.15, 0.2) is 0 Å². The first-order valence-electron chi connectivity index (χ1n) is 5.86. The number of aromatic hydroxyl groups is 1. The molecule has 0 aliphatic carbocycles. The smallest absolute Gasteiger partial charge is 0.141 e. The van der Waals surface area contributed by atoms with Gasteiger partial charge in [-0.3, -0.25) is 0 Å². The Morgan fingerprint density at radius 3 is 2.72 bits per heavy atom. The molecule has 2 aromatic rings. The Bertz CT molecular complexity index is 538. The highest BCUT2D eigenvalue weighted by Crippen LogP contribution is 2.25. The predicted octanol–water partition coefficient (Wildman–Crippen LogP) is 3.32. The molecule has 0 aromatic heterocycles. The minimum atomic E-state index is 0.308. The average molecular weight is 243 g/mol. The van der Waals surface area contributed by atoms with E-state index in [2.05, 4.69) is 5.32 Å². The average Bonchev–Trinajstić information content (AvgIpc) is 2.40. The fourth-order valence-electron chi connectivity index (χ4n) is 1.84. The second kappa shape index (κ2) is 5.45. The van der Waals surface area contributed by atoms with E-state index in [0.29, 0.717) is 12.3 Å². The Labute approximate surface area is 107 Å². The Balaban J connectivity index is 2.14. The lowest BCUT2D eigenvalue weighted by atomic mass is 10.1. The largest absolute Gasteiger partial charge is 0.508 e. The number of hydrogen-bond acceptors (Lipinski definition) is 3. The highest BCUT2D eigenvalue weighted by molar-refractivity contribution is 5.56. The fourth-order valence-corrected chi connectivity index (χ4v) is 1.84. The minimum absolute atomic E-state index is 0.308. The highest BCUT2D eigenvalue weighted by Gasteiger charge is 2.04. The van der Waals surface area contributed by atoms with Gasteiger partial charge >= 0.3 is 0 Å². The van der Waals surface area contributed by atoms with Crippen molar-refractivity contribution in [1.29, 1.82) is 0 Å². The van der Waals surface area contributed by atoms with Crippen LogP contribution >= 0.6 is 0 Å². The van der Waals surface area contributed by atoms with Gasteiger partial charge in [-0.1, -0.05) is 29.8 Å². The molecule has 0 bridgehead atoms. The molecule has 0 aliphatic rings. The number of methoxy groups -OCH3 is 1. The summed E-state index contributed by atoms with van der Waals surface area (Å²) in [6.07, 6.45) is 0. The van der Waals surface area contributed by atoms with Gasteiger partial charge in [0.25, 0.3) is 0 Å². The SMILES string of the molecule is COc1ccccc1NCc1cc(C)ccc1O. The molecule has 0 saturated carbocycles. The van der Waals surface area contributed by atoms with Crippen LogP contribution < -0.4 is 10.1 Å². The van der Waals surface area contributed by atoms with Crippen LogP contribution in [0.15, 0.2) is 42.5 Å². The van der Waals surface area contributed by atoms with Crippen LogP contribution in [0.4, 0.5) is 5.69 Å². The lowest BCUT2D eigenvalue weighted by Crippen LogP contribution is -2.01. The van der Waals surface area contributed by atoms with Crippen LogP contribution in [-0.2, 0) is 6.54 Å².